The van der Waals surface area contributed by atoms with Crippen LogP contribution in [-0.4, -0.2) is 26.1 Å². The summed E-state index contributed by atoms with van der Waals surface area (Å²) in [5.74, 6) is 1.64. The van der Waals surface area contributed by atoms with E-state index in [1.54, 1.807) is 18.6 Å². The van der Waals surface area contributed by atoms with Crippen molar-refractivity contribution in [3.05, 3.63) is 24.8 Å². The molecule has 0 atom stereocenters. The predicted octanol–water partition coefficient (Wildman–Crippen LogP) is 1.79. The number of hydrogen-bond acceptors (Lipinski definition) is 4. The molecule has 2 aromatic rings. The Kier molecular flexibility index (Phi) is 3.14. The normalized spacial score (nSPS) is 10.4. The van der Waals surface area contributed by atoms with Crippen molar-refractivity contribution in [2.45, 2.75) is 20.4 Å². The number of nitrogens with zero attached hydrogens (tertiary/aromatic N) is 4. The lowest BCUT2D eigenvalue weighted by molar-refractivity contribution is 0.767. The van der Waals surface area contributed by atoms with Crippen LogP contribution in [0.25, 0.3) is 11.5 Å². The molecule has 2 heterocycles. The van der Waals surface area contributed by atoms with E-state index in [0.29, 0.717) is 0 Å². The second-order valence-electron chi connectivity index (χ2n) is 3.32. The number of hydrogen-bond donors (Lipinski definition) is 1. The Labute approximate surface area is 94.6 Å². The van der Waals surface area contributed by atoms with Crippen molar-refractivity contribution < 1.29 is 0 Å². The summed E-state index contributed by atoms with van der Waals surface area (Å²) in [6.07, 6.45) is 7.09. The maximum atomic E-state index is 4.34. The fourth-order valence-corrected chi connectivity index (χ4v) is 1.58. The maximum Gasteiger partial charge on any atom is 0.162 e. The molecule has 2 aromatic heterocycles. The van der Waals surface area contributed by atoms with Crippen molar-refractivity contribution in [3.8, 4) is 11.5 Å². The lowest BCUT2D eigenvalue weighted by Gasteiger charge is -2.08. The molecule has 1 N–H and O–H groups in total. The molecule has 0 aliphatic heterocycles. The summed E-state index contributed by atoms with van der Waals surface area (Å²) in [7, 11) is 0. The molecule has 0 unspecified atom stereocenters. The van der Waals surface area contributed by atoms with Gasteiger partial charge in [-0.2, -0.15) is 0 Å². The van der Waals surface area contributed by atoms with E-state index in [9.17, 15) is 0 Å². The molecule has 5 heteroatoms. The third-order valence-electron chi connectivity index (χ3n) is 2.31. The number of anilines is 1. The van der Waals surface area contributed by atoms with E-state index in [1.165, 1.54) is 0 Å². The van der Waals surface area contributed by atoms with Crippen LogP contribution in [0.1, 0.15) is 13.8 Å². The summed E-state index contributed by atoms with van der Waals surface area (Å²) in [6, 6.07) is 0. The summed E-state index contributed by atoms with van der Waals surface area (Å²) in [6.45, 7) is 5.80. The molecule has 0 amide bonds. The second kappa shape index (κ2) is 4.74. The molecule has 0 saturated carbocycles. The van der Waals surface area contributed by atoms with Gasteiger partial charge in [-0.25, -0.2) is 15.0 Å². The van der Waals surface area contributed by atoms with Crippen LogP contribution in [0.2, 0.25) is 0 Å². The average molecular weight is 217 g/mol. The van der Waals surface area contributed by atoms with Crippen molar-refractivity contribution in [3.63, 3.8) is 0 Å². The first-order valence-electron chi connectivity index (χ1n) is 5.43. The van der Waals surface area contributed by atoms with Gasteiger partial charge in [0.05, 0.1) is 0 Å². The molecule has 0 aliphatic rings. The molecule has 0 bridgehead atoms. The monoisotopic (exact) mass is 217 g/mol. The minimum Gasteiger partial charge on any atom is -0.368 e. The van der Waals surface area contributed by atoms with Gasteiger partial charge in [0, 0.05) is 37.9 Å². The van der Waals surface area contributed by atoms with E-state index in [-0.39, 0.29) is 0 Å². The second-order valence-corrected chi connectivity index (χ2v) is 3.32. The van der Waals surface area contributed by atoms with Crippen molar-refractivity contribution >= 4 is 5.82 Å². The highest BCUT2D eigenvalue weighted by Gasteiger charge is 2.11. The molecule has 16 heavy (non-hydrogen) atoms. The molecule has 0 spiro atoms. The summed E-state index contributed by atoms with van der Waals surface area (Å²) in [5, 5.41) is 3.19. The zero-order chi connectivity index (χ0) is 11.4. The van der Waals surface area contributed by atoms with Crippen LogP contribution in [0, 0.1) is 0 Å². The first-order valence-corrected chi connectivity index (χ1v) is 5.43. The topological polar surface area (TPSA) is 55.6 Å². The molecule has 0 aliphatic carbocycles. The van der Waals surface area contributed by atoms with E-state index >= 15 is 0 Å². The van der Waals surface area contributed by atoms with Crippen LogP contribution in [0.5, 0.6) is 0 Å². The minimum absolute atomic E-state index is 0.783. The summed E-state index contributed by atoms with van der Waals surface area (Å²) in [5.41, 5.74) is 0.802. The maximum absolute atomic E-state index is 4.34. The SMILES string of the molecule is CCNc1nccnc1-c1nccn1CC. The molecule has 0 saturated heterocycles. The first-order chi connectivity index (χ1) is 7.86. The third-order valence-corrected chi connectivity index (χ3v) is 2.31. The number of aromatic nitrogens is 4. The largest absolute Gasteiger partial charge is 0.368 e. The molecule has 0 aromatic carbocycles. The van der Waals surface area contributed by atoms with E-state index < -0.39 is 0 Å². The molecular formula is C11H15N5. The number of imidazole rings is 1. The highest BCUT2D eigenvalue weighted by molar-refractivity contribution is 5.65. The molecule has 5 nitrogen and oxygen atoms in total. The van der Waals surface area contributed by atoms with Crippen LogP contribution in [0.3, 0.4) is 0 Å². The van der Waals surface area contributed by atoms with Crippen molar-refractivity contribution in [2.24, 2.45) is 0 Å². The Morgan fingerprint density at radius 3 is 2.69 bits per heavy atom. The Hall–Kier alpha value is -1.91. The van der Waals surface area contributed by atoms with Crippen molar-refractivity contribution in [1.29, 1.82) is 0 Å². The predicted molar refractivity (Wildman–Crippen MR) is 63.1 cm³/mol. The van der Waals surface area contributed by atoms with Gasteiger partial charge in [0.15, 0.2) is 11.6 Å². The standard InChI is InChI=1S/C11H15N5/c1-3-12-10-9(13-5-6-14-10)11-15-7-8-16(11)4-2/h5-8H,3-4H2,1-2H3,(H,12,14). The molecule has 2 rings (SSSR count). The summed E-state index contributed by atoms with van der Waals surface area (Å²) in [4.78, 5) is 12.9. The number of aryl methyl sites for hydroxylation is 1. The van der Waals surface area contributed by atoms with Gasteiger partial charge in [0.2, 0.25) is 0 Å². The Balaban J connectivity index is 2.46. The van der Waals surface area contributed by atoms with E-state index in [4.69, 9.17) is 0 Å². The van der Waals surface area contributed by atoms with Gasteiger partial charge < -0.3 is 9.88 Å². The lowest BCUT2D eigenvalue weighted by atomic mass is 10.3. The molecule has 0 fully saturated rings. The Morgan fingerprint density at radius 1 is 1.12 bits per heavy atom. The van der Waals surface area contributed by atoms with E-state index in [2.05, 4.69) is 27.2 Å². The fraction of sp³-hybridized carbons (Fsp3) is 0.364. The third kappa shape index (κ3) is 1.88. The Morgan fingerprint density at radius 2 is 1.94 bits per heavy atom. The molecule has 0 radical (unpaired) electrons. The fourth-order valence-electron chi connectivity index (χ4n) is 1.58. The van der Waals surface area contributed by atoms with Crippen LogP contribution >= 0.6 is 0 Å². The van der Waals surface area contributed by atoms with Crippen LogP contribution < -0.4 is 5.32 Å². The Bertz CT molecular complexity index is 463. The summed E-state index contributed by atoms with van der Waals surface area (Å²) >= 11 is 0. The van der Waals surface area contributed by atoms with Gasteiger partial charge in [-0.3, -0.25) is 0 Å². The van der Waals surface area contributed by atoms with Crippen molar-refractivity contribution in [1.82, 2.24) is 19.5 Å². The highest BCUT2D eigenvalue weighted by Crippen LogP contribution is 2.21. The average Bonchev–Trinajstić information content (AvgIpc) is 2.78. The number of nitrogens with one attached hydrogen (secondary N) is 1. The molecule has 84 valence electrons. The van der Waals surface area contributed by atoms with Crippen LogP contribution in [-0.2, 0) is 6.54 Å². The quantitative estimate of drug-likeness (QED) is 0.848. The zero-order valence-corrected chi connectivity index (χ0v) is 9.51. The smallest absolute Gasteiger partial charge is 0.162 e. The first kappa shape index (κ1) is 10.6. The molecular weight excluding hydrogens is 202 g/mol. The zero-order valence-electron chi connectivity index (χ0n) is 9.51. The van der Waals surface area contributed by atoms with Crippen molar-refractivity contribution in [2.75, 3.05) is 11.9 Å². The lowest BCUT2D eigenvalue weighted by Crippen LogP contribution is -2.05. The van der Waals surface area contributed by atoms with Crippen LogP contribution in [0.4, 0.5) is 5.82 Å². The van der Waals surface area contributed by atoms with Gasteiger partial charge in [0.25, 0.3) is 0 Å². The van der Waals surface area contributed by atoms with Gasteiger partial charge in [-0.05, 0) is 13.8 Å². The minimum atomic E-state index is 0.783. The van der Waals surface area contributed by atoms with E-state index in [1.807, 2.05) is 17.7 Å². The van der Waals surface area contributed by atoms with E-state index in [0.717, 1.165) is 30.4 Å². The van der Waals surface area contributed by atoms with Gasteiger partial charge in [-0.1, -0.05) is 0 Å². The summed E-state index contributed by atoms with van der Waals surface area (Å²) < 4.78 is 2.05. The van der Waals surface area contributed by atoms with Gasteiger partial charge >= 0.3 is 0 Å². The number of rotatable bonds is 4. The van der Waals surface area contributed by atoms with Gasteiger partial charge in [0.1, 0.15) is 5.69 Å². The van der Waals surface area contributed by atoms with Gasteiger partial charge in [-0.15, -0.1) is 0 Å². The highest BCUT2D eigenvalue weighted by atomic mass is 15.1. The van der Waals surface area contributed by atoms with Crippen LogP contribution in [0.15, 0.2) is 24.8 Å².